The highest BCUT2D eigenvalue weighted by atomic mass is 35.5. The molecular formula is C20H26ClN. The van der Waals surface area contributed by atoms with Crippen LogP contribution in [0.3, 0.4) is 0 Å². The lowest BCUT2D eigenvalue weighted by Gasteiger charge is -2.39. The van der Waals surface area contributed by atoms with Crippen molar-refractivity contribution in [2.75, 3.05) is 0 Å². The fourth-order valence-corrected chi connectivity index (χ4v) is 4.84. The maximum absolute atomic E-state index is 6.23. The molecule has 1 nitrogen and oxygen atoms in total. The third kappa shape index (κ3) is 3.10. The average Bonchev–Trinajstić information content (AvgIpc) is 2.76. The van der Waals surface area contributed by atoms with Crippen molar-refractivity contribution < 1.29 is 0 Å². The summed E-state index contributed by atoms with van der Waals surface area (Å²) in [5.41, 5.74) is 8.89. The Balaban J connectivity index is 1.78. The number of rotatable bonds is 4. The van der Waals surface area contributed by atoms with Crippen LogP contribution in [-0.2, 0) is 5.41 Å². The second kappa shape index (κ2) is 6.12. The van der Waals surface area contributed by atoms with Gasteiger partial charge in [0.05, 0.1) is 0 Å². The smallest absolute Gasteiger partial charge is 0.0408 e. The first-order valence-corrected chi connectivity index (χ1v) is 8.77. The first-order chi connectivity index (χ1) is 10.5. The highest BCUT2D eigenvalue weighted by Crippen LogP contribution is 2.61. The summed E-state index contributed by atoms with van der Waals surface area (Å²) in [6.07, 6.45) is 15.6. The quantitative estimate of drug-likeness (QED) is 0.704. The van der Waals surface area contributed by atoms with E-state index >= 15 is 0 Å². The van der Waals surface area contributed by atoms with E-state index in [1.54, 1.807) is 0 Å². The Hall–Kier alpha value is -1.21. The zero-order valence-corrected chi connectivity index (χ0v) is 14.2. The van der Waals surface area contributed by atoms with Crippen molar-refractivity contribution in [3.8, 4) is 0 Å². The molecule has 2 N–H and O–H groups in total. The molecule has 3 rings (SSSR count). The van der Waals surface area contributed by atoms with Crippen LogP contribution in [0, 0.1) is 5.41 Å². The second-order valence-electron chi connectivity index (χ2n) is 7.36. The van der Waals surface area contributed by atoms with Crippen molar-refractivity contribution in [3.05, 3.63) is 58.8 Å². The Morgan fingerprint density at radius 1 is 1.27 bits per heavy atom. The van der Waals surface area contributed by atoms with E-state index in [1.165, 1.54) is 50.5 Å². The van der Waals surface area contributed by atoms with Crippen LogP contribution in [0.2, 0.25) is 5.02 Å². The Morgan fingerprint density at radius 3 is 2.91 bits per heavy atom. The number of hydrogen-bond donors (Lipinski definition) is 1. The van der Waals surface area contributed by atoms with Gasteiger partial charge in [0.15, 0.2) is 0 Å². The highest BCUT2D eigenvalue weighted by molar-refractivity contribution is 6.30. The van der Waals surface area contributed by atoms with E-state index in [0.29, 0.717) is 10.8 Å². The number of benzene rings is 1. The molecular weight excluding hydrogens is 290 g/mol. The van der Waals surface area contributed by atoms with Gasteiger partial charge in [0.2, 0.25) is 0 Å². The molecule has 118 valence electrons. The van der Waals surface area contributed by atoms with Gasteiger partial charge in [-0.05, 0) is 80.1 Å². The number of fused-ring (bicyclic) bond motifs is 2. The van der Waals surface area contributed by atoms with E-state index < -0.39 is 0 Å². The third-order valence-corrected chi connectivity index (χ3v) is 5.93. The lowest BCUT2D eigenvalue weighted by atomic mass is 9.65. The van der Waals surface area contributed by atoms with Gasteiger partial charge in [0.25, 0.3) is 0 Å². The van der Waals surface area contributed by atoms with E-state index in [0.717, 1.165) is 10.7 Å². The minimum absolute atomic E-state index is 0.372. The number of allylic oxidation sites excluding steroid dienone is 4. The summed E-state index contributed by atoms with van der Waals surface area (Å²) in [6.45, 7) is 1.93. The van der Waals surface area contributed by atoms with Crippen LogP contribution in [0.4, 0.5) is 0 Å². The molecule has 0 aliphatic heterocycles. The molecule has 2 aliphatic rings. The molecule has 0 radical (unpaired) electrons. The van der Waals surface area contributed by atoms with Crippen LogP contribution in [0.15, 0.2) is 48.2 Å². The minimum atomic E-state index is 0.372. The van der Waals surface area contributed by atoms with Gasteiger partial charge in [-0.15, -0.1) is 0 Å². The van der Waals surface area contributed by atoms with Gasteiger partial charge in [-0.25, -0.2) is 0 Å². The Labute approximate surface area is 139 Å². The molecule has 22 heavy (non-hydrogen) atoms. The Kier molecular flexibility index (Phi) is 4.36. The van der Waals surface area contributed by atoms with Crippen molar-refractivity contribution in [2.45, 2.75) is 57.3 Å². The molecule has 2 fully saturated rings. The highest BCUT2D eigenvalue weighted by Gasteiger charge is 2.50. The minimum Gasteiger partial charge on any atom is -0.402 e. The van der Waals surface area contributed by atoms with E-state index in [4.69, 9.17) is 17.3 Å². The maximum atomic E-state index is 6.23. The largest absolute Gasteiger partial charge is 0.402 e. The summed E-state index contributed by atoms with van der Waals surface area (Å²) >= 11 is 6.23. The second-order valence-corrected chi connectivity index (χ2v) is 7.80. The van der Waals surface area contributed by atoms with Gasteiger partial charge in [-0.2, -0.15) is 0 Å². The molecule has 1 aromatic carbocycles. The van der Waals surface area contributed by atoms with Crippen LogP contribution in [0.5, 0.6) is 0 Å². The van der Waals surface area contributed by atoms with Crippen molar-refractivity contribution in [2.24, 2.45) is 11.1 Å². The molecule has 0 aromatic heterocycles. The van der Waals surface area contributed by atoms with Crippen LogP contribution < -0.4 is 5.73 Å². The molecule has 1 aromatic rings. The summed E-state index contributed by atoms with van der Waals surface area (Å²) in [6, 6.07) is 8.57. The lowest BCUT2D eigenvalue weighted by Crippen LogP contribution is -2.30. The summed E-state index contributed by atoms with van der Waals surface area (Å²) in [4.78, 5) is 0. The summed E-state index contributed by atoms with van der Waals surface area (Å²) in [5, 5.41) is 0.874. The van der Waals surface area contributed by atoms with Crippen molar-refractivity contribution in [3.63, 3.8) is 0 Å². The number of hydrogen-bond acceptors (Lipinski definition) is 1. The number of halogens is 1. The van der Waals surface area contributed by atoms with Crippen molar-refractivity contribution in [1.82, 2.24) is 0 Å². The van der Waals surface area contributed by atoms with Crippen LogP contribution in [0.1, 0.15) is 57.4 Å². The predicted molar refractivity (Wildman–Crippen MR) is 95.0 cm³/mol. The van der Waals surface area contributed by atoms with Gasteiger partial charge in [0, 0.05) is 10.7 Å². The molecule has 0 heterocycles. The van der Waals surface area contributed by atoms with Gasteiger partial charge in [0.1, 0.15) is 0 Å². The molecule has 2 heteroatoms. The predicted octanol–water partition coefficient (Wildman–Crippen LogP) is 5.74. The summed E-state index contributed by atoms with van der Waals surface area (Å²) in [7, 11) is 0. The van der Waals surface area contributed by atoms with Crippen molar-refractivity contribution >= 4 is 11.6 Å². The van der Waals surface area contributed by atoms with E-state index in [1.807, 2.05) is 19.1 Å². The number of nitrogens with two attached hydrogens (primary N) is 1. The molecule has 2 unspecified atom stereocenters. The Morgan fingerprint density at radius 2 is 2.14 bits per heavy atom. The first kappa shape index (κ1) is 15.7. The van der Waals surface area contributed by atoms with Crippen molar-refractivity contribution in [1.29, 1.82) is 0 Å². The average molecular weight is 316 g/mol. The topological polar surface area (TPSA) is 26.0 Å². The van der Waals surface area contributed by atoms with Crippen LogP contribution in [0.25, 0.3) is 0 Å². The first-order valence-electron chi connectivity index (χ1n) is 8.39. The standard InChI is InChI=1S/C20H26ClN/c1-16(22)6-2-3-9-19-10-5-11-20(15-19,13-12-19)17-7-4-8-18(21)14-17/h2-4,6-8,14H,5,9-13,15,22H2,1H3/b3-2-,16-6-. The van der Waals surface area contributed by atoms with Gasteiger partial charge < -0.3 is 5.73 Å². The molecule has 2 bridgehead atoms. The van der Waals surface area contributed by atoms with Crippen LogP contribution >= 0.6 is 11.6 Å². The monoisotopic (exact) mass is 315 g/mol. The fourth-order valence-electron chi connectivity index (χ4n) is 4.65. The SMILES string of the molecule is C/C(N)=C/C=C\CC12CCCC(c3cccc(Cl)c3)(CC1)C2. The van der Waals surface area contributed by atoms with Gasteiger partial charge >= 0.3 is 0 Å². The normalized spacial score (nSPS) is 31.8. The third-order valence-electron chi connectivity index (χ3n) is 5.69. The van der Waals surface area contributed by atoms with E-state index in [-0.39, 0.29) is 0 Å². The molecule has 0 spiro atoms. The summed E-state index contributed by atoms with van der Waals surface area (Å²) in [5.74, 6) is 0. The van der Waals surface area contributed by atoms with E-state index in [9.17, 15) is 0 Å². The van der Waals surface area contributed by atoms with E-state index in [2.05, 4.69) is 30.4 Å². The van der Waals surface area contributed by atoms with Gasteiger partial charge in [-0.3, -0.25) is 0 Å². The fraction of sp³-hybridized carbons (Fsp3) is 0.500. The zero-order valence-electron chi connectivity index (χ0n) is 13.4. The lowest BCUT2D eigenvalue weighted by molar-refractivity contribution is 0.192. The molecule has 0 saturated heterocycles. The zero-order chi connectivity index (χ0) is 15.6. The molecule has 2 atom stereocenters. The molecule has 2 saturated carbocycles. The maximum Gasteiger partial charge on any atom is 0.0408 e. The molecule has 2 aliphatic carbocycles. The summed E-state index contributed by atoms with van der Waals surface area (Å²) < 4.78 is 0. The van der Waals surface area contributed by atoms with Crippen LogP contribution in [-0.4, -0.2) is 0 Å². The molecule has 0 amide bonds. The Bertz CT molecular complexity index is 599. The van der Waals surface area contributed by atoms with Gasteiger partial charge in [-0.1, -0.05) is 42.3 Å².